The fraction of sp³-hybridized carbons (Fsp3) is 0.588. The molecule has 2 atom stereocenters. The lowest BCUT2D eigenvalue weighted by Gasteiger charge is -2.31. The zero-order valence-corrected chi connectivity index (χ0v) is 13.2. The van der Waals surface area contributed by atoms with Gasteiger partial charge in [0.15, 0.2) is 0 Å². The van der Waals surface area contributed by atoms with Crippen LogP contribution in [0.25, 0.3) is 0 Å². The maximum atomic E-state index is 13.4. The van der Waals surface area contributed by atoms with Gasteiger partial charge in [0.1, 0.15) is 11.9 Å². The molecule has 5 nitrogen and oxygen atoms in total. The van der Waals surface area contributed by atoms with Crippen LogP contribution in [0.4, 0.5) is 4.39 Å². The molecule has 0 bridgehead atoms. The number of halogens is 1. The highest BCUT2D eigenvalue weighted by Crippen LogP contribution is 2.17. The van der Waals surface area contributed by atoms with Crippen molar-refractivity contribution >= 4 is 5.91 Å². The molecule has 0 aromatic heterocycles. The van der Waals surface area contributed by atoms with E-state index in [1.165, 1.54) is 12.1 Å². The van der Waals surface area contributed by atoms with Gasteiger partial charge in [-0.25, -0.2) is 4.39 Å². The molecule has 6 heteroatoms. The van der Waals surface area contributed by atoms with Gasteiger partial charge < -0.3 is 19.7 Å². The van der Waals surface area contributed by atoms with Crippen LogP contribution in [-0.2, 0) is 20.8 Å². The van der Waals surface area contributed by atoms with Crippen LogP contribution >= 0.6 is 0 Å². The van der Waals surface area contributed by atoms with E-state index in [1.54, 1.807) is 11.0 Å². The fourth-order valence-electron chi connectivity index (χ4n) is 3.05. The number of morpholine rings is 1. The Morgan fingerprint density at radius 3 is 2.96 bits per heavy atom. The fourth-order valence-corrected chi connectivity index (χ4v) is 3.05. The molecule has 3 rings (SSSR count). The van der Waals surface area contributed by atoms with Crippen LogP contribution in [0.3, 0.4) is 0 Å². The molecule has 126 valence electrons. The molecular formula is C17H23FN2O3. The molecule has 2 unspecified atom stereocenters. The second-order valence-electron chi connectivity index (χ2n) is 6.05. The van der Waals surface area contributed by atoms with E-state index in [-0.39, 0.29) is 17.8 Å². The Morgan fingerprint density at radius 2 is 2.26 bits per heavy atom. The maximum absolute atomic E-state index is 13.4. The number of carbonyl (C=O) groups excluding carboxylic acids is 1. The van der Waals surface area contributed by atoms with E-state index in [1.807, 2.05) is 6.07 Å². The summed E-state index contributed by atoms with van der Waals surface area (Å²) < 4.78 is 24.7. The van der Waals surface area contributed by atoms with Crippen molar-refractivity contribution in [2.75, 3.05) is 32.8 Å². The zero-order chi connectivity index (χ0) is 16.1. The Bertz CT molecular complexity index is 528. The molecule has 0 aliphatic carbocycles. The van der Waals surface area contributed by atoms with Crippen LogP contribution in [-0.4, -0.2) is 55.9 Å². The number of hydrogen-bond acceptors (Lipinski definition) is 4. The van der Waals surface area contributed by atoms with Crippen molar-refractivity contribution < 1.29 is 18.7 Å². The quantitative estimate of drug-likeness (QED) is 0.888. The van der Waals surface area contributed by atoms with Crippen molar-refractivity contribution in [2.45, 2.75) is 31.6 Å². The minimum Gasteiger partial charge on any atom is -0.376 e. The molecule has 23 heavy (non-hydrogen) atoms. The number of nitrogens with zero attached hydrogens (tertiary/aromatic N) is 1. The number of amides is 1. The van der Waals surface area contributed by atoms with Crippen molar-refractivity contribution in [1.82, 2.24) is 10.2 Å². The number of carbonyl (C=O) groups is 1. The Balaban J connectivity index is 1.70. The first-order chi connectivity index (χ1) is 11.2. The Hall–Kier alpha value is -1.50. The predicted octanol–water partition coefficient (Wildman–Crippen LogP) is 1.32. The molecule has 0 radical (unpaired) electrons. The van der Waals surface area contributed by atoms with Crippen LogP contribution in [0.15, 0.2) is 24.3 Å². The van der Waals surface area contributed by atoms with Gasteiger partial charge in [0, 0.05) is 32.8 Å². The van der Waals surface area contributed by atoms with Crippen molar-refractivity contribution in [2.24, 2.45) is 0 Å². The van der Waals surface area contributed by atoms with Crippen molar-refractivity contribution in [1.29, 1.82) is 0 Å². The average molecular weight is 322 g/mol. The Morgan fingerprint density at radius 1 is 1.35 bits per heavy atom. The number of ether oxygens (including phenoxy) is 2. The van der Waals surface area contributed by atoms with Crippen LogP contribution < -0.4 is 5.32 Å². The molecule has 0 saturated carbocycles. The predicted molar refractivity (Wildman–Crippen MR) is 83.4 cm³/mol. The molecule has 1 N–H and O–H groups in total. The van der Waals surface area contributed by atoms with Gasteiger partial charge in [-0.15, -0.1) is 0 Å². The standard InChI is InChI=1S/C17H23FN2O3/c18-14-4-1-3-13(9-14)11-20(12-15-5-2-7-22-15)17(21)16-10-19-6-8-23-16/h1,3-4,9,15-16,19H,2,5-8,10-12H2. The number of hydrogen-bond donors (Lipinski definition) is 1. The summed E-state index contributed by atoms with van der Waals surface area (Å²) in [5.74, 6) is -0.348. The summed E-state index contributed by atoms with van der Waals surface area (Å²) in [7, 11) is 0. The van der Waals surface area contributed by atoms with Gasteiger partial charge in [0.25, 0.3) is 5.91 Å². The lowest BCUT2D eigenvalue weighted by atomic mass is 10.1. The third kappa shape index (κ3) is 4.50. The van der Waals surface area contributed by atoms with Gasteiger partial charge in [-0.3, -0.25) is 4.79 Å². The summed E-state index contributed by atoms with van der Waals surface area (Å²) in [6, 6.07) is 6.37. The van der Waals surface area contributed by atoms with Gasteiger partial charge >= 0.3 is 0 Å². The van der Waals surface area contributed by atoms with Crippen LogP contribution in [0, 0.1) is 5.82 Å². The molecular weight excluding hydrogens is 299 g/mol. The molecule has 2 aliphatic rings. The van der Waals surface area contributed by atoms with Crippen molar-refractivity contribution in [3.8, 4) is 0 Å². The Kier molecular flexibility index (Phi) is 5.59. The second kappa shape index (κ2) is 7.86. The Labute approximate surface area is 135 Å². The summed E-state index contributed by atoms with van der Waals surface area (Å²) in [6.07, 6.45) is 1.56. The van der Waals surface area contributed by atoms with Crippen LogP contribution in [0.2, 0.25) is 0 Å². The second-order valence-corrected chi connectivity index (χ2v) is 6.05. The van der Waals surface area contributed by atoms with E-state index in [2.05, 4.69) is 5.32 Å². The number of nitrogens with one attached hydrogen (secondary N) is 1. The van der Waals surface area contributed by atoms with E-state index < -0.39 is 6.10 Å². The minimum absolute atomic E-state index is 0.0584. The summed E-state index contributed by atoms with van der Waals surface area (Å²) in [4.78, 5) is 14.5. The summed E-state index contributed by atoms with van der Waals surface area (Å²) in [5.41, 5.74) is 0.778. The van der Waals surface area contributed by atoms with Crippen molar-refractivity contribution in [3.05, 3.63) is 35.6 Å². The largest absolute Gasteiger partial charge is 0.376 e. The third-order valence-electron chi connectivity index (χ3n) is 4.23. The number of rotatable bonds is 5. The SMILES string of the molecule is O=C(C1CNCCO1)N(Cc1cccc(F)c1)CC1CCCO1. The molecule has 1 aromatic carbocycles. The average Bonchev–Trinajstić information content (AvgIpc) is 3.07. The summed E-state index contributed by atoms with van der Waals surface area (Å²) in [5, 5.41) is 3.17. The van der Waals surface area contributed by atoms with Gasteiger partial charge in [0.05, 0.1) is 12.7 Å². The van der Waals surface area contributed by atoms with E-state index in [4.69, 9.17) is 9.47 Å². The van der Waals surface area contributed by atoms with Crippen molar-refractivity contribution in [3.63, 3.8) is 0 Å². The molecule has 1 aromatic rings. The van der Waals surface area contributed by atoms with E-state index in [0.29, 0.717) is 26.2 Å². The highest BCUT2D eigenvalue weighted by atomic mass is 19.1. The smallest absolute Gasteiger partial charge is 0.253 e. The molecule has 2 aliphatic heterocycles. The van der Waals surface area contributed by atoms with Gasteiger partial charge in [-0.05, 0) is 30.5 Å². The summed E-state index contributed by atoms with van der Waals surface area (Å²) in [6.45, 7) is 3.45. The zero-order valence-electron chi connectivity index (χ0n) is 13.2. The van der Waals surface area contributed by atoms with Gasteiger partial charge in [-0.1, -0.05) is 12.1 Å². The molecule has 0 spiro atoms. The lowest BCUT2D eigenvalue weighted by molar-refractivity contribution is -0.147. The normalized spacial score (nSPS) is 24.6. The van der Waals surface area contributed by atoms with Gasteiger partial charge in [0.2, 0.25) is 0 Å². The first-order valence-electron chi connectivity index (χ1n) is 8.19. The first-order valence-corrected chi connectivity index (χ1v) is 8.19. The summed E-state index contributed by atoms with van der Waals surface area (Å²) >= 11 is 0. The lowest BCUT2D eigenvalue weighted by Crippen LogP contribution is -2.50. The highest BCUT2D eigenvalue weighted by molar-refractivity contribution is 5.81. The van der Waals surface area contributed by atoms with Crippen LogP contribution in [0.5, 0.6) is 0 Å². The van der Waals surface area contributed by atoms with E-state index in [0.717, 1.165) is 31.6 Å². The third-order valence-corrected chi connectivity index (χ3v) is 4.23. The highest BCUT2D eigenvalue weighted by Gasteiger charge is 2.29. The number of benzene rings is 1. The molecule has 2 fully saturated rings. The minimum atomic E-state index is -0.473. The van der Waals surface area contributed by atoms with Crippen LogP contribution in [0.1, 0.15) is 18.4 Å². The van der Waals surface area contributed by atoms with Gasteiger partial charge in [-0.2, -0.15) is 0 Å². The monoisotopic (exact) mass is 322 g/mol. The molecule has 2 heterocycles. The molecule has 1 amide bonds. The van der Waals surface area contributed by atoms with E-state index >= 15 is 0 Å². The van der Waals surface area contributed by atoms with E-state index in [9.17, 15) is 9.18 Å². The first kappa shape index (κ1) is 16.4. The topological polar surface area (TPSA) is 50.8 Å². The maximum Gasteiger partial charge on any atom is 0.253 e. The molecule has 2 saturated heterocycles.